The Balaban J connectivity index is 2.10. The van der Waals surface area contributed by atoms with Crippen LogP contribution in [-0.2, 0) is 12.7 Å². The number of nitrogens with one attached hydrogen (secondary N) is 2. The summed E-state index contributed by atoms with van der Waals surface area (Å²) in [6, 6.07) is 2.29. The van der Waals surface area contributed by atoms with E-state index in [-0.39, 0.29) is 12.2 Å². The number of halogens is 4. The van der Waals surface area contributed by atoms with Crippen LogP contribution in [0.4, 0.5) is 23.2 Å². The maximum absolute atomic E-state index is 13.4. The first-order valence-corrected chi connectivity index (χ1v) is 4.91. The number of rotatable bonds is 3. The second-order valence-electron chi connectivity index (χ2n) is 3.48. The standard InChI is InChI=1S/C10H8F4N4/c11-7-3-6(10(12,13)14)1-2-8(7)15-4-9-16-5-17-18-9/h1-3,5,15H,4H2,(H,16,17,18). The van der Waals surface area contributed by atoms with Gasteiger partial charge >= 0.3 is 6.18 Å². The molecule has 0 unspecified atom stereocenters. The zero-order valence-corrected chi connectivity index (χ0v) is 8.92. The predicted octanol–water partition coefficient (Wildman–Crippen LogP) is 2.57. The summed E-state index contributed by atoms with van der Waals surface area (Å²) >= 11 is 0. The summed E-state index contributed by atoms with van der Waals surface area (Å²) in [5, 5.41) is 8.74. The first-order valence-electron chi connectivity index (χ1n) is 4.91. The average Bonchev–Trinajstić information content (AvgIpc) is 2.79. The van der Waals surface area contributed by atoms with Crippen LogP contribution in [0.5, 0.6) is 0 Å². The molecule has 0 saturated heterocycles. The summed E-state index contributed by atoms with van der Waals surface area (Å²) in [5.41, 5.74) is -1.05. The van der Waals surface area contributed by atoms with E-state index in [1.165, 1.54) is 6.33 Å². The van der Waals surface area contributed by atoms with Crippen molar-refractivity contribution in [3.05, 3.63) is 41.7 Å². The highest BCUT2D eigenvalue weighted by molar-refractivity contribution is 5.46. The Kier molecular flexibility index (Phi) is 3.17. The van der Waals surface area contributed by atoms with Gasteiger partial charge in [-0.1, -0.05) is 0 Å². The van der Waals surface area contributed by atoms with Gasteiger partial charge in [-0.15, -0.1) is 0 Å². The quantitative estimate of drug-likeness (QED) is 0.834. The molecule has 8 heteroatoms. The summed E-state index contributed by atoms with van der Waals surface area (Å²) in [7, 11) is 0. The van der Waals surface area contributed by atoms with Crippen molar-refractivity contribution >= 4 is 5.69 Å². The van der Waals surface area contributed by atoms with Gasteiger partial charge in [-0.05, 0) is 18.2 Å². The van der Waals surface area contributed by atoms with Crippen molar-refractivity contribution in [3.63, 3.8) is 0 Å². The minimum Gasteiger partial charge on any atom is -0.375 e. The van der Waals surface area contributed by atoms with Crippen molar-refractivity contribution in [1.82, 2.24) is 15.2 Å². The average molecular weight is 260 g/mol. The van der Waals surface area contributed by atoms with Gasteiger partial charge in [-0.2, -0.15) is 18.3 Å². The van der Waals surface area contributed by atoms with Crippen LogP contribution in [-0.4, -0.2) is 15.2 Å². The molecule has 18 heavy (non-hydrogen) atoms. The molecule has 0 aliphatic heterocycles. The molecule has 0 aliphatic rings. The lowest BCUT2D eigenvalue weighted by molar-refractivity contribution is -0.137. The van der Waals surface area contributed by atoms with Crippen molar-refractivity contribution in [2.45, 2.75) is 12.7 Å². The molecule has 4 nitrogen and oxygen atoms in total. The summed E-state index contributed by atoms with van der Waals surface area (Å²) in [6.45, 7) is 0.141. The third kappa shape index (κ3) is 2.76. The van der Waals surface area contributed by atoms with Gasteiger partial charge in [-0.3, -0.25) is 5.10 Å². The Morgan fingerprint density at radius 3 is 2.61 bits per heavy atom. The molecule has 0 radical (unpaired) electrons. The van der Waals surface area contributed by atoms with Crippen molar-refractivity contribution in [2.24, 2.45) is 0 Å². The number of aromatic nitrogens is 3. The Morgan fingerprint density at radius 2 is 2.06 bits per heavy atom. The number of hydrogen-bond acceptors (Lipinski definition) is 3. The normalized spacial score (nSPS) is 11.6. The number of hydrogen-bond donors (Lipinski definition) is 2. The molecule has 0 fully saturated rings. The molecular weight excluding hydrogens is 252 g/mol. The van der Waals surface area contributed by atoms with Gasteiger partial charge in [0.15, 0.2) is 0 Å². The van der Waals surface area contributed by atoms with Crippen molar-refractivity contribution < 1.29 is 17.6 Å². The van der Waals surface area contributed by atoms with Gasteiger partial charge in [0.1, 0.15) is 18.0 Å². The van der Waals surface area contributed by atoms with Gasteiger partial charge in [0, 0.05) is 0 Å². The zero-order valence-electron chi connectivity index (χ0n) is 8.92. The molecule has 0 atom stereocenters. The Hall–Kier alpha value is -2.12. The first-order chi connectivity index (χ1) is 8.47. The molecule has 1 heterocycles. The molecular formula is C10H8F4N4. The van der Waals surface area contributed by atoms with Gasteiger partial charge in [0.05, 0.1) is 17.8 Å². The fourth-order valence-corrected chi connectivity index (χ4v) is 1.33. The molecule has 2 N–H and O–H groups in total. The van der Waals surface area contributed by atoms with E-state index in [2.05, 4.69) is 20.5 Å². The van der Waals surface area contributed by atoms with Crippen molar-refractivity contribution in [1.29, 1.82) is 0 Å². The second-order valence-corrected chi connectivity index (χ2v) is 3.48. The fraction of sp³-hybridized carbons (Fsp3) is 0.200. The SMILES string of the molecule is Fc1cc(C(F)(F)F)ccc1NCc1ncn[nH]1. The number of alkyl halides is 3. The molecule has 2 rings (SSSR count). The van der Waals surface area contributed by atoms with Gasteiger partial charge in [0.25, 0.3) is 0 Å². The highest BCUT2D eigenvalue weighted by Gasteiger charge is 2.31. The lowest BCUT2D eigenvalue weighted by Gasteiger charge is -2.10. The van der Waals surface area contributed by atoms with Gasteiger partial charge in [0.2, 0.25) is 0 Å². The summed E-state index contributed by atoms with van der Waals surface area (Å²) in [5.74, 6) is -0.515. The van der Waals surface area contributed by atoms with Crippen LogP contribution < -0.4 is 5.32 Å². The predicted molar refractivity (Wildman–Crippen MR) is 55.1 cm³/mol. The minimum absolute atomic E-state index is 0.0283. The monoisotopic (exact) mass is 260 g/mol. The first kappa shape index (κ1) is 12.3. The van der Waals surface area contributed by atoms with E-state index >= 15 is 0 Å². The molecule has 0 bridgehead atoms. The molecule has 96 valence electrons. The smallest absolute Gasteiger partial charge is 0.375 e. The van der Waals surface area contributed by atoms with Gasteiger partial charge < -0.3 is 5.32 Å². The molecule has 0 aliphatic carbocycles. The summed E-state index contributed by atoms with van der Waals surface area (Å²) < 4.78 is 50.3. The molecule has 1 aromatic heterocycles. The number of benzene rings is 1. The topological polar surface area (TPSA) is 53.6 Å². The van der Waals surface area contributed by atoms with E-state index in [0.29, 0.717) is 11.9 Å². The van der Waals surface area contributed by atoms with E-state index in [1.54, 1.807) is 0 Å². The van der Waals surface area contributed by atoms with Crippen molar-refractivity contribution in [3.8, 4) is 0 Å². The third-order valence-corrected chi connectivity index (χ3v) is 2.21. The molecule has 2 aromatic rings. The Morgan fingerprint density at radius 1 is 1.28 bits per heavy atom. The highest BCUT2D eigenvalue weighted by Crippen LogP contribution is 2.31. The second kappa shape index (κ2) is 4.63. The van der Waals surface area contributed by atoms with Crippen LogP contribution in [0.2, 0.25) is 0 Å². The van der Waals surface area contributed by atoms with E-state index in [0.717, 1.165) is 12.1 Å². The van der Waals surface area contributed by atoms with Crippen LogP contribution in [0.1, 0.15) is 11.4 Å². The Labute approximate surface area is 99.0 Å². The maximum Gasteiger partial charge on any atom is 0.416 e. The number of nitrogens with zero attached hydrogens (tertiary/aromatic N) is 2. The van der Waals surface area contributed by atoms with Crippen LogP contribution in [0, 0.1) is 5.82 Å². The highest BCUT2D eigenvalue weighted by atomic mass is 19.4. The number of aromatic amines is 1. The van der Waals surface area contributed by atoms with Gasteiger partial charge in [-0.25, -0.2) is 9.37 Å². The van der Waals surface area contributed by atoms with Crippen LogP contribution in [0.15, 0.2) is 24.5 Å². The summed E-state index contributed by atoms with van der Waals surface area (Å²) in [6.07, 6.45) is -3.27. The van der Waals surface area contributed by atoms with E-state index < -0.39 is 17.6 Å². The zero-order chi connectivity index (χ0) is 13.2. The van der Waals surface area contributed by atoms with Crippen LogP contribution in [0.25, 0.3) is 0 Å². The van der Waals surface area contributed by atoms with Crippen LogP contribution in [0.3, 0.4) is 0 Å². The minimum atomic E-state index is -4.55. The lowest BCUT2D eigenvalue weighted by atomic mass is 10.2. The van der Waals surface area contributed by atoms with E-state index in [4.69, 9.17) is 0 Å². The fourth-order valence-electron chi connectivity index (χ4n) is 1.33. The largest absolute Gasteiger partial charge is 0.416 e. The Bertz CT molecular complexity index is 521. The lowest BCUT2D eigenvalue weighted by Crippen LogP contribution is -2.08. The maximum atomic E-state index is 13.4. The molecule has 0 saturated carbocycles. The van der Waals surface area contributed by atoms with E-state index in [1.807, 2.05) is 0 Å². The third-order valence-electron chi connectivity index (χ3n) is 2.21. The molecule has 0 amide bonds. The number of H-pyrrole nitrogens is 1. The molecule has 0 spiro atoms. The molecule has 1 aromatic carbocycles. The summed E-state index contributed by atoms with van der Waals surface area (Å²) in [4.78, 5) is 3.79. The van der Waals surface area contributed by atoms with Crippen LogP contribution >= 0.6 is 0 Å². The number of anilines is 1. The van der Waals surface area contributed by atoms with Crippen molar-refractivity contribution in [2.75, 3.05) is 5.32 Å². The van der Waals surface area contributed by atoms with E-state index in [9.17, 15) is 17.6 Å².